The van der Waals surface area contributed by atoms with E-state index >= 15 is 0 Å². The summed E-state index contributed by atoms with van der Waals surface area (Å²) < 4.78 is 9.83. The molecule has 0 spiro atoms. The van der Waals surface area contributed by atoms with E-state index in [1.54, 1.807) is 12.1 Å². The smallest absolute Gasteiger partial charge is 0.339 e. The van der Waals surface area contributed by atoms with Crippen LogP contribution in [0.4, 0.5) is 5.82 Å². The van der Waals surface area contributed by atoms with Gasteiger partial charge >= 0.3 is 5.97 Å². The Labute approximate surface area is 93.8 Å². The number of hydrogen-bond acceptors (Lipinski definition) is 5. The lowest BCUT2D eigenvalue weighted by atomic mass is 10.2. The molecule has 0 aliphatic carbocycles. The average molecular weight is 222 g/mol. The monoisotopic (exact) mass is 222 g/mol. The first kappa shape index (κ1) is 10.9. The zero-order valence-electron chi connectivity index (χ0n) is 9.10. The number of hydrogen-bond donors (Lipinski definition) is 1. The second kappa shape index (κ2) is 4.94. The van der Waals surface area contributed by atoms with Gasteiger partial charge in [0.1, 0.15) is 5.82 Å². The first-order valence-electron chi connectivity index (χ1n) is 5.18. The van der Waals surface area contributed by atoms with Gasteiger partial charge in [-0.25, -0.2) is 9.78 Å². The average Bonchev–Trinajstić information content (AvgIpc) is 2.82. The maximum atomic E-state index is 11.2. The van der Waals surface area contributed by atoms with Gasteiger partial charge < -0.3 is 14.8 Å². The summed E-state index contributed by atoms with van der Waals surface area (Å²) >= 11 is 0. The molecule has 2 heterocycles. The number of rotatable bonds is 3. The van der Waals surface area contributed by atoms with Crippen LogP contribution < -0.4 is 5.32 Å². The molecular formula is C11H14N2O3. The largest absolute Gasteiger partial charge is 0.465 e. The van der Waals surface area contributed by atoms with E-state index in [0.29, 0.717) is 18.2 Å². The quantitative estimate of drug-likeness (QED) is 0.775. The lowest BCUT2D eigenvalue weighted by Crippen LogP contribution is -2.19. The predicted octanol–water partition coefficient (Wildman–Crippen LogP) is 1.07. The Balaban J connectivity index is 1.98. The van der Waals surface area contributed by atoms with E-state index < -0.39 is 0 Å². The highest BCUT2D eigenvalue weighted by molar-refractivity contribution is 5.89. The molecule has 1 saturated heterocycles. The third-order valence-corrected chi connectivity index (χ3v) is 2.47. The summed E-state index contributed by atoms with van der Waals surface area (Å²) in [6, 6.07) is 3.78. The molecule has 0 radical (unpaired) electrons. The number of pyridine rings is 1. The first-order chi connectivity index (χ1) is 7.79. The Morgan fingerprint density at radius 2 is 2.50 bits per heavy atom. The summed E-state index contributed by atoms with van der Waals surface area (Å²) in [5.41, 5.74) is 0.454. The van der Waals surface area contributed by atoms with Gasteiger partial charge in [-0.05, 0) is 18.6 Å². The fourth-order valence-corrected chi connectivity index (χ4v) is 1.58. The van der Waals surface area contributed by atoms with Crippen LogP contribution in [0.15, 0.2) is 18.3 Å². The Morgan fingerprint density at radius 1 is 1.62 bits per heavy atom. The van der Waals surface area contributed by atoms with Gasteiger partial charge in [-0.3, -0.25) is 0 Å². The Kier molecular flexibility index (Phi) is 3.36. The summed E-state index contributed by atoms with van der Waals surface area (Å²) in [6.45, 7) is 1.50. The zero-order chi connectivity index (χ0) is 11.4. The van der Waals surface area contributed by atoms with Crippen LogP contribution in [0.2, 0.25) is 0 Å². The number of carbonyl (C=O) groups is 1. The molecule has 16 heavy (non-hydrogen) atoms. The van der Waals surface area contributed by atoms with Gasteiger partial charge in [0, 0.05) is 12.8 Å². The first-order valence-corrected chi connectivity index (χ1v) is 5.18. The van der Waals surface area contributed by atoms with Gasteiger partial charge in [-0.2, -0.15) is 0 Å². The standard InChI is InChI=1S/C11H14N2O3/c1-15-11(14)8-2-3-10(12-6-8)13-9-4-5-16-7-9/h2-3,6,9H,4-5,7H2,1H3,(H,12,13)/t9-/m1/s1. The summed E-state index contributed by atoms with van der Waals surface area (Å²) in [4.78, 5) is 15.3. The maximum absolute atomic E-state index is 11.2. The molecule has 5 nitrogen and oxygen atoms in total. The van der Waals surface area contributed by atoms with E-state index in [0.717, 1.165) is 18.8 Å². The number of aromatic nitrogens is 1. The van der Waals surface area contributed by atoms with E-state index in [9.17, 15) is 4.79 Å². The van der Waals surface area contributed by atoms with E-state index in [1.807, 2.05) is 0 Å². The predicted molar refractivity (Wildman–Crippen MR) is 58.4 cm³/mol. The zero-order valence-corrected chi connectivity index (χ0v) is 9.10. The van der Waals surface area contributed by atoms with Crippen LogP contribution in [-0.4, -0.2) is 37.3 Å². The topological polar surface area (TPSA) is 60.5 Å². The van der Waals surface area contributed by atoms with Crippen molar-refractivity contribution in [3.8, 4) is 0 Å². The second-order valence-corrected chi connectivity index (χ2v) is 3.63. The van der Waals surface area contributed by atoms with Gasteiger partial charge in [-0.1, -0.05) is 0 Å². The number of anilines is 1. The van der Waals surface area contributed by atoms with Crippen LogP contribution in [0.1, 0.15) is 16.8 Å². The van der Waals surface area contributed by atoms with Crippen molar-refractivity contribution in [1.82, 2.24) is 4.98 Å². The highest BCUT2D eigenvalue weighted by Crippen LogP contribution is 2.12. The molecule has 0 unspecified atom stereocenters. The highest BCUT2D eigenvalue weighted by atomic mass is 16.5. The molecule has 0 aromatic carbocycles. The Morgan fingerprint density at radius 3 is 3.06 bits per heavy atom. The van der Waals surface area contributed by atoms with Crippen molar-refractivity contribution in [2.75, 3.05) is 25.6 Å². The molecule has 5 heteroatoms. The van der Waals surface area contributed by atoms with Gasteiger partial charge in [0.15, 0.2) is 0 Å². The third-order valence-electron chi connectivity index (χ3n) is 2.47. The minimum absolute atomic E-state index is 0.316. The van der Waals surface area contributed by atoms with Crippen LogP contribution in [0.5, 0.6) is 0 Å². The molecule has 0 amide bonds. The molecule has 1 N–H and O–H groups in total. The van der Waals surface area contributed by atoms with Crippen LogP contribution in [0.3, 0.4) is 0 Å². The number of nitrogens with one attached hydrogen (secondary N) is 1. The molecule has 86 valence electrons. The number of esters is 1. The number of ether oxygens (including phenoxy) is 2. The molecule has 1 aliphatic heterocycles. The molecule has 1 fully saturated rings. The van der Waals surface area contributed by atoms with Crippen LogP contribution >= 0.6 is 0 Å². The van der Waals surface area contributed by atoms with Gasteiger partial charge in [0.2, 0.25) is 0 Å². The van der Waals surface area contributed by atoms with E-state index in [4.69, 9.17) is 4.74 Å². The molecule has 1 aromatic heterocycles. The fourth-order valence-electron chi connectivity index (χ4n) is 1.58. The molecular weight excluding hydrogens is 208 g/mol. The van der Waals surface area contributed by atoms with Gasteiger partial charge in [0.05, 0.1) is 25.3 Å². The van der Waals surface area contributed by atoms with Crippen molar-refractivity contribution in [3.05, 3.63) is 23.9 Å². The molecule has 1 aliphatic rings. The lowest BCUT2D eigenvalue weighted by Gasteiger charge is -2.10. The van der Waals surface area contributed by atoms with Crippen molar-refractivity contribution in [2.45, 2.75) is 12.5 Å². The minimum atomic E-state index is -0.372. The van der Waals surface area contributed by atoms with Gasteiger partial charge in [0.25, 0.3) is 0 Å². The van der Waals surface area contributed by atoms with Crippen LogP contribution in [-0.2, 0) is 9.47 Å². The van der Waals surface area contributed by atoms with Crippen molar-refractivity contribution in [2.24, 2.45) is 0 Å². The number of nitrogens with zero attached hydrogens (tertiary/aromatic N) is 1. The van der Waals surface area contributed by atoms with Crippen LogP contribution in [0.25, 0.3) is 0 Å². The number of carbonyl (C=O) groups excluding carboxylic acids is 1. The van der Waals surface area contributed by atoms with E-state index in [-0.39, 0.29) is 5.97 Å². The van der Waals surface area contributed by atoms with Crippen LogP contribution in [0, 0.1) is 0 Å². The van der Waals surface area contributed by atoms with Crippen molar-refractivity contribution < 1.29 is 14.3 Å². The molecule has 0 bridgehead atoms. The third kappa shape index (κ3) is 2.49. The Hall–Kier alpha value is -1.62. The summed E-state index contributed by atoms with van der Waals surface area (Å²) in [6.07, 6.45) is 2.49. The molecule has 1 atom stereocenters. The fraction of sp³-hybridized carbons (Fsp3) is 0.455. The van der Waals surface area contributed by atoms with Crippen molar-refractivity contribution in [1.29, 1.82) is 0 Å². The minimum Gasteiger partial charge on any atom is -0.465 e. The molecule has 0 saturated carbocycles. The molecule has 1 aromatic rings. The van der Waals surface area contributed by atoms with Crippen molar-refractivity contribution >= 4 is 11.8 Å². The van der Waals surface area contributed by atoms with Gasteiger partial charge in [-0.15, -0.1) is 0 Å². The van der Waals surface area contributed by atoms with E-state index in [2.05, 4.69) is 15.0 Å². The normalized spacial score (nSPS) is 19.4. The molecule has 2 rings (SSSR count). The highest BCUT2D eigenvalue weighted by Gasteiger charge is 2.15. The number of methoxy groups -OCH3 is 1. The van der Waals surface area contributed by atoms with E-state index in [1.165, 1.54) is 13.3 Å². The lowest BCUT2D eigenvalue weighted by molar-refractivity contribution is 0.0600. The maximum Gasteiger partial charge on any atom is 0.339 e. The summed E-state index contributed by atoms with van der Waals surface area (Å²) in [7, 11) is 1.35. The second-order valence-electron chi connectivity index (χ2n) is 3.63. The SMILES string of the molecule is COC(=O)c1ccc(N[C@@H]2CCOC2)nc1. The Bertz CT molecular complexity index is 358. The summed E-state index contributed by atoms with van der Waals surface area (Å²) in [5, 5.41) is 3.24. The summed E-state index contributed by atoms with van der Waals surface area (Å²) in [5.74, 6) is 0.381. The van der Waals surface area contributed by atoms with Crippen molar-refractivity contribution in [3.63, 3.8) is 0 Å².